The number of aldehydes is 1. The van der Waals surface area contributed by atoms with Crippen LogP contribution in [0.1, 0.15) is 0 Å². The fraction of sp³-hybridized carbons (Fsp3) is 0.333. The highest BCUT2D eigenvalue weighted by Gasteiger charge is 2.27. The van der Waals surface area contributed by atoms with Crippen LogP contribution in [0.3, 0.4) is 0 Å². The molecule has 0 aromatic carbocycles. The van der Waals surface area contributed by atoms with Crippen molar-refractivity contribution in [2.24, 2.45) is 0 Å². The Kier molecular flexibility index (Phi) is 2.98. The molecule has 3 nitrogen and oxygen atoms in total. The van der Waals surface area contributed by atoms with Crippen LogP contribution in [0, 0.1) is 0 Å². The topological polar surface area (TPSA) is 46.2 Å². The van der Waals surface area contributed by atoms with Gasteiger partial charge in [-0.1, -0.05) is 31.9 Å². The standard InChI is InChI=1S/C6H5Br2NO2/c7-3-1-9-6(5(3)8)4(11)2-10/h2,6,9H,1H2. The molecule has 1 unspecified atom stereocenters. The van der Waals surface area contributed by atoms with E-state index in [2.05, 4.69) is 37.2 Å². The molecule has 0 spiro atoms. The summed E-state index contributed by atoms with van der Waals surface area (Å²) in [4.78, 5) is 21.0. The highest BCUT2D eigenvalue weighted by Crippen LogP contribution is 2.26. The van der Waals surface area contributed by atoms with Crippen LogP contribution >= 0.6 is 31.9 Å². The minimum Gasteiger partial charge on any atom is -0.298 e. The molecule has 0 aromatic rings. The SMILES string of the molecule is O=CC(=O)C1NCC(Br)=C1Br. The summed E-state index contributed by atoms with van der Waals surface area (Å²) in [6, 6.07) is -0.484. The lowest BCUT2D eigenvalue weighted by Gasteiger charge is -2.03. The Hall–Kier alpha value is -0.000000000000000111. The fourth-order valence-electron chi connectivity index (χ4n) is 0.816. The van der Waals surface area contributed by atoms with Crippen LogP contribution in [0.25, 0.3) is 0 Å². The van der Waals surface area contributed by atoms with Gasteiger partial charge >= 0.3 is 0 Å². The smallest absolute Gasteiger partial charge is 0.217 e. The van der Waals surface area contributed by atoms with Crippen LogP contribution in [0.5, 0.6) is 0 Å². The average Bonchev–Trinajstić information content (AvgIpc) is 2.32. The predicted molar refractivity (Wildman–Crippen MR) is 47.7 cm³/mol. The van der Waals surface area contributed by atoms with Gasteiger partial charge in [-0.25, -0.2) is 0 Å². The summed E-state index contributed by atoms with van der Waals surface area (Å²) in [5.74, 6) is -0.452. The Morgan fingerprint density at radius 3 is 2.64 bits per heavy atom. The van der Waals surface area contributed by atoms with Crippen molar-refractivity contribution in [3.8, 4) is 0 Å². The third-order valence-corrected chi connectivity index (χ3v) is 3.55. The number of rotatable bonds is 2. The Labute approximate surface area is 80.5 Å². The van der Waals surface area contributed by atoms with Crippen molar-refractivity contribution in [2.45, 2.75) is 6.04 Å². The Bertz CT molecular complexity index is 237. The van der Waals surface area contributed by atoms with Crippen molar-refractivity contribution in [3.05, 3.63) is 8.96 Å². The first kappa shape index (κ1) is 9.09. The minimum atomic E-state index is -0.484. The summed E-state index contributed by atoms with van der Waals surface area (Å²) < 4.78 is 1.60. The van der Waals surface area contributed by atoms with E-state index in [0.29, 0.717) is 12.8 Å². The predicted octanol–water partition coefficient (Wildman–Crippen LogP) is 0.728. The monoisotopic (exact) mass is 281 g/mol. The summed E-state index contributed by atoms with van der Waals surface area (Å²) >= 11 is 6.45. The molecule has 0 amide bonds. The maximum atomic E-state index is 10.9. The third kappa shape index (κ3) is 1.77. The van der Waals surface area contributed by atoms with Crippen LogP contribution in [0.2, 0.25) is 0 Å². The maximum absolute atomic E-state index is 10.9. The van der Waals surface area contributed by atoms with Crippen molar-refractivity contribution in [3.63, 3.8) is 0 Å². The van der Waals surface area contributed by atoms with Crippen molar-refractivity contribution >= 4 is 43.9 Å². The molecule has 1 atom stereocenters. The van der Waals surface area contributed by atoms with Crippen LogP contribution in [0.4, 0.5) is 0 Å². The van der Waals surface area contributed by atoms with E-state index in [4.69, 9.17) is 0 Å². The van der Waals surface area contributed by atoms with Crippen LogP contribution in [-0.4, -0.2) is 24.7 Å². The largest absolute Gasteiger partial charge is 0.298 e. The minimum absolute atomic E-state index is 0.324. The zero-order chi connectivity index (χ0) is 8.43. The van der Waals surface area contributed by atoms with Gasteiger partial charge < -0.3 is 0 Å². The molecule has 0 bridgehead atoms. The van der Waals surface area contributed by atoms with Gasteiger partial charge in [0.25, 0.3) is 0 Å². The van der Waals surface area contributed by atoms with Gasteiger partial charge in [0, 0.05) is 15.5 Å². The molecule has 0 saturated heterocycles. The van der Waals surface area contributed by atoms with E-state index in [1.54, 1.807) is 0 Å². The molecule has 60 valence electrons. The fourth-order valence-corrected chi connectivity index (χ4v) is 1.73. The molecular weight excluding hydrogens is 278 g/mol. The Morgan fingerprint density at radius 2 is 2.27 bits per heavy atom. The number of hydrogen-bond donors (Lipinski definition) is 1. The van der Waals surface area contributed by atoms with Gasteiger partial charge in [0.1, 0.15) is 6.04 Å². The normalized spacial score (nSPS) is 24.0. The second-order valence-electron chi connectivity index (χ2n) is 2.09. The van der Waals surface area contributed by atoms with Crippen molar-refractivity contribution in [1.29, 1.82) is 0 Å². The second kappa shape index (κ2) is 3.60. The van der Waals surface area contributed by atoms with Gasteiger partial charge in [0.2, 0.25) is 5.78 Å². The lowest BCUT2D eigenvalue weighted by atomic mass is 10.2. The van der Waals surface area contributed by atoms with Crippen LogP contribution < -0.4 is 5.32 Å². The van der Waals surface area contributed by atoms with E-state index in [1.165, 1.54) is 0 Å². The van der Waals surface area contributed by atoms with E-state index in [0.717, 1.165) is 8.96 Å². The van der Waals surface area contributed by atoms with Crippen molar-refractivity contribution in [1.82, 2.24) is 5.32 Å². The van der Waals surface area contributed by atoms with E-state index >= 15 is 0 Å². The summed E-state index contributed by atoms with van der Waals surface area (Å²) in [6.07, 6.45) is 0.324. The van der Waals surface area contributed by atoms with E-state index in [1.807, 2.05) is 0 Å². The average molecular weight is 283 g/mol. The number of halogens is 2. The zero-order valence-electron chi connectivity index (χ0n) is 5.43. The molecule has 1 aliphatic rings. The highest BCUT2D eigenvalue weighted by molar-refractivity contribution is 9.14. The summed E-state index contributed by atoms with van der Waals surface area (Å²) in [6.45, 7) is 0.588. The molecule has 1 heterocycles. The number of carbonyl (C=O) groups is 2. The summed E-state index contributed by atoms with van der Waals surface area (Å²) in [5, 5.41) is 2.86. The molecule has 0 fully saturated rings. The molecule has 1 aliphatic heterocycles. The van der Waals surface area contributed by atoms with Crippen molar-refractivity contribution < 1.29 is 9.59 Å². The molecule has 0 radical (unpaired) electrons. The van der Waals surface area contributed by atoms with Gasteiger partial charge in [-0.05, 0) is 0 Å². The third-order valence-electron chi connectivity index (χ3n) is 1.37. The first-order valence-corrected chi connectivity index (χ1v) is 4.52. The molecular formula is C6H5Br2NO2. The quantitative estimate of drug-likeness (QED) is 0.600. The Morgan fingerprint density at radius 1 is 1.64 bits per heavy atom. The van der Waals surface area contributed by atoms with Crippen LogP contribution in [0.15, 0.2) is 8.96 Å². The zero-order valence-corrected chi connectivity index (χ0v) is 8.61. The number of hydrogen-bond acceptors (Lipinski definition) is 3. The van der Waals surface area contributed by atoms with E-state index < -0.39 is 11.8 Å². The first-order chi connectivity index (χ1) is 5.16. The summed E-state index contributed by atoms with van der Waals surface area (Å²) in [7, 11) is 0. The van der Waals surface area contributed by atoms with Crippen LogP contribution in [-0.2, 0) is 9.59 Å². The van der Waals surface area contributed by atoms with Gasteiger partial charge in [-0.2, -0.15) is 0 Å². The molecule has 0 aromatic heterocycles. The molecule has 0 aliphatic carbocycles. The molecule has 1 N–H and O–H groups in total. The second-order valence-corrected chi connectivity index (χ2v) is 3.90. The first-order valence-electron chi connectivity index (χ1n) is 2.93. The molecule has 1 rings (SSSR count). The van der Waals surface area contributed by atoms with Crippen molar-refractivity contribution in [2.75, 3.05) is 6.54 Å². The lowest BCUT2D eigenvalue weighted by molar-refractivity contribution is -0.130. The van der Waals surface area contributed by atoms with E-state index in [-0.39, 0.29) is 0 Å². The number of carbonyl (C=O) groups excluding carboxylic acids is 2. The highest BCUT2D eigenvalue weighted by atomic mass is 79.9. The van der Waals surface area contributed by atoms with Gasteiger partial charge in [0.05, 0.1) is 0 Å². The molecule has 11 heavy (non-hydrogen) atoms. The van der Waals surface area contributed by atoms with E-state index in [9.17, 15) is 9.59 Å². The summed E-state index contributed by atoms with van der Waals surface area (Å²) in [5.41, 5.74) is 0. The van der Waals surface area contributed by atoms with Gasteiger partial charge in [-0.15, -0.1) is 0 Å². The Balaban J connectivity index is 2.78. The number of ketones is 1. The lowest BCUT2D eigenvalue weighted by Crippen LogP contribution is -2.33. The maximum Gasteiger partial charge on any atom is 0.217 e. The van der Waals surface area contributed by atoms with Gasteiger partial charge in [-0.3, -0.25) is 14.9 Å². The number of Topliss-reactive ketones (excluding diaryl/α,β-unsaturated/α-hetero) is 1. The molecule has 0 saturated carbocycles. The van der Waals surface area contributed by atoms with Gasteiger partial charge in [0.15, 0.2) is 6.29 Å². The number of nitrogens with one attached hydrogen (secondary N) is 1. The molecule has 5 heteroatoms.